The minimum Gasteiger partial charge on any atom is -0.462 e. The molecule has 0 saturated carbocycles. The van der Waals surface area contributed by atoms with Crippen molar-refractivity contribution < 1.29 is 9.53 Å². The zero-order valence-electron chi connectivity index (χ0n) is 15.0. The first kappa shape index (κ1) is 18.4. The zero-order valence-corrected chi connectivity index (χ0v) is 15.9. The quantitative estimate of drug-likeness (QED) is 0.354. The van der Waals surface area contributed by atoms with E-state index in [9.17, 15) is 4.79 Å². The summed E-state index contributed by atoms with van der Waals surface area (Å²) >= 11 is 0. The van der Waals surface area contributed by atoms with Crippen LogP contribution in [0.4, 0.5) is 0 Å². The molecule has 0 heterocycles. The van der Waals surface area contributed by atoms with E-state index in [-0.39, 0.29) is 5.97 Å². The molecule has 132 valence electrons. The lowest BCUT2D eigenvalue weighted by Gasteiger charge is -2.19. The van der Waals surface area contributed by atoms with Crippen LogP contribution in [0.2, 0.25) is 0 Å². The predicted molar refractivity (Wildman–Crippen MR) is 110 cm³/mol. The van der Waals surface area contributed by atoms with Gasteiger partial charge in [0.25, 0.3) is 0 Å². The van der Waals surface area contributed by atoms with Gasteiger partial charge in [0.2, 0.25) is 0 Å². The number of carbonyl (C=O) groups is 1. The Morgan fingerprint density at radius 1 is 0.808 bits per heavy atom. The van der Waals surface area contributed by atoms with Gasteiger partial charge in [-0.25, -0.2) is 4.79 Å². The van der Waals surface area contributed by atoms with Crippen molar-refractivity contribution >= 4 is 29.8 Å². The molecule has 26 heavy (non-hydrogen) atoms. The summed E-state index contributed by atoms with van der Waals surface area (Å²) in [4.78, 5) is 12.4. The molecule has 0 radical (unpaired) electrons. The molecule has 3 aromatic carbocycles. The molecule has 0 unspecified atom stereocenters. The van der Waals surface area contributed by atoms with E-state index >= 15 is 0 Å². The van der Waals surface area contributed by atoms with Crippen molar-refractivity contribution in [2.75, 3.05) is 6.61 Å². The molecular weight excluding hydrogens is 339 g/mol. The van der Waals surface area contributed by atoms with Crippen molar-refractivity contribution in [2.45, 2.75) is 19.8 Å². The van der Waals surface area contributed by atoms with Crippen LogP contribution >= 0.6 is 7.92 Å². The van der Waals surface area contributed by atoms with Crippen molar-refractivity contribution in [1.29, 1.82) is 0 Å². The highest BCUT2D eigenvalue weighted by Crippen LogP contribution is 2.32. The minimum absolute atomic E-state index is 0.239. The molecule has 0 aromatic heterocycles. The summed E-state index contributed by atoms with van der Waals surface area (Å²) in [6.07, 6.45) is 1.91. The molecule has 2 nitrogen and oxygen atoms in total. The van der Waals surface area contributed by atoms with Crippen molar-refractivity contribution in [1.82, 2.24) is 0 Å². The van der Waals surface area contributed by atoms with Crippen LogP contribution in [0.25, 0.3) is 0 Å². The second-order valence-corrected chi connectivity index (χ2v) is 8.27. The summed E-state index contributed by atoms with van der Waals surface area (Å²) in [5.74, 6) is -0.239. The Bertz CT molecular complexity index is 792. The van der Waals surface area contributed by atoms with E-state index in [1.807, 2.05) is 30.3 Å². The van der Waals surface area contributed by atoms with Gasteiger partial charge in [0.05, 0.1) is 12.2 Å². The van der Waals surface area contributed by atoms with Gasteiger partial charge in [-0.05, 0) is 42.4 Å². The van der Waals surface area contributed by atoms with Gasteiger partial charge in [-0.3, -0.25) is 0 Å². The molecule has 3 heteroatoms. The molecule has 0 atom stereocenters. The number of hydrogen-bond donors (Lipinski definition) is 0. The molecule has 0 aliphatic rings. The van der Waals surface area contributed by atoms with Crippen LogP contribution < -0.4 is 15.9 Å². The lowest BCUT2D eigenvalue weighted by Crippen LogP contribution is -2.21. The van der Waals surface area contributed by atoms with Crippen molar-refractivity contribution in [3.63, 3.8) is 0 Å². The van der Waals surface area contributed by atoms with E-state index in [4.69, 9.17) is 4.74 Å². The van der Waals surface area contributed by atoms with Crippen LogP contribution in [0.15, 0.2) is 84.9 Å². The maximum atomic E-state index is 12.4. The van der Waals surface area contributed by atoms with Gasteiger partial charge in [0.1, 0.15) is 0 Å². The Hall–Kier alpha value is -2.44. The molecule has 3 aromatic rings. The number of carbonyl (C=O) groups excluding carboxylic acids is 1. The van der Waals surface area contributed by atoms with E-state index in [2.05, 4.69) is 61.5 Å². The Morgan fingerprint density at radius 3 is 1.96 bits per heavy atom. The summed E-state index contributed by atoms with van der Waals surface area (Å²) < 4.78 is 5.38. The molecule has 0 aliphatic heterocycles. The summed E-state index contributed by atoms with van der Waals surface area (Å²) in [5.41, 5.74) is 0.623. The Kier molecular flexibility index (Phi) is 6.57. The Balaban J connectivity index is 1.95. The standard InChI is InChI=1S/C23H23O2P/c1-2-3-17-25-23(24)19-11-10-16-22(18-19)26(20-12-6-4-7-13-20)21-14-8-5-9-15-21/h4-16,18H,2-3,17H2,1H3. The van der Waals surface area contributed by atoms with Gasteiger partial charge in [-0.2, -0.15) is 0 Å². The van der Waals surface area contributed by atoms with Gasteiger partial charge < -0.3 is 4.74 Å². The van der Waals surface area contributed by atoms with Gasteiger partial charge in [-0.1, -0.05) is 86.1 Å². The highest BCUT2D eigenvalue weighted by Gasteiger charge is 2.18. The molecule has 0 bridgehead atoms. The minimum atomic E-state index is -0.711. The number of ether oxygens (including phenoxy) is 1. The van der Waals surface area contributed by atoms with Gasteiger partial charge >= 0.3 is 5.97 Å². The smallest absolute Gasteiger partial charge is 0.338 e. The summed E-state index contributed by atoms with van der Waals surface area (Å²) in [5, 5.41) is 3.69. The monoisotopic (exact) mass is 362 g/mol. The van der Waals surface area contributed by atoms with Crippen molar-refractivity contribution in [3.05, 3.63) is 90.5 Å². The van der Waals surface area contributed by atoms with E-state index in [0.717, 1.165) is 18.1 Å². The number of unbranched alkanes of at least 4 members (excludes halogenated alkanes) is 1. The molecule has 0 spiro atoms. The molecule has 3 rings (SSSR count). The Labute approximate surface area is 156 Å². The first-order valence-electron chi connectivity index (χ1n) is 8.97. The third-order valence-corrected chi connectivity index (χ3v) is 6.52. The lowest BCUT2D eigenvalue weighted by molar-refractivity contribution is 0.0500. The molecule has 0 amide bonds. The topological polar surface area (TPSA) is 26.3 Å². The van der Waals surface area contributed by atoms with Gasteiger partial charge in [0.15, 0.2) is 0 Å². The van der Waals surface area contributed by atoms with E-state index < -0.39 is 7.92 Å². The third-order valence-electron chi connectivity index (χ3n) is 4.10. The van der Waals surface area contributed by atoms with Crippen LogP contribution in [-0.2, 0) is 4.74 Å². The van der Waals surface area contributed by atoms with E-state index in [1.54, 1.807) is 0 Å². The van der Waals surface area contributed by atoms with Crippen LogP contribution in [0, 0.1) is 0 Å². The summed E-state index contributed by atoms with van der Waals surface area (Å²) in [6, 6.07) is 28.8. The normalized spacial score (nSPS) is 10.7. The first-order valence-corrected chi connectivity index (χ1v) is 10.3. The highest BCUT2D eigenvalue weighted by molar-refractivity contribution is 7.79. The largest absolute Gasteiger partial charge is 0.462 e. The van der Waals surface area contributed by atoms with E-state index in [1.165, 1.54) is 10.6 Å². The molecule has 0 fully saturated rings. The Morgan fingerprint density at radius 2 is 1.38 bits per heavy atom. The molecule has 0 aliphatic carbocycles. The maximum absolute atomic E-state index is 12.4. The molecule has 0 saturated heterocycles. The fourth-order valence-corrected chi connectivity index (χ4v) is 5.10. The summed E-state index contributed by atoms with van der Waals surface area (Å²) in [6.45, 7) is 2.56. The van der Waals surface area contributed by atoms with Crippen molar-refractivity contribution in [2.24, 2.45) is 0 Å². The fourth-order valence-electron chi connectivity index (χ4n) is 2.77. The van der Waals surface area contributed by atoms with Crippen LogP contribution in [-0.4, -0.2) is 12.6 Å². The van der Waals surface area contributed by atoms with E-state index in [0.29, 0.717) is 12.2 Å². The summed E-state index contributed by atoms with van der Waals surface area (Å²) in [7, 11) is -0.711. The molecular formula is C23H23O2P. The predicted octanol–water partition coefficient (Wildman–Crippen LogP) is 4.40. The SMILES string of the molecule is CCCCOC(=O)c1cccc(P(c2ccccc2)c2ccccc2)c1. The molecule has 0 N–H and O–H groups in total. The average Bonchev–Trinajstić information content (AvgIpc) is 2.70. The van der Waals surface area contributed by atoms with Crippen LogP contribution in [0.3, 0.4) is 0 Å². The second kappa shape index (κ2) is 9.31. The second-order valence-electron chi connectivity index (χ2n) is 6.05. The number of benzene rings is 3. The zero-order chi connectivity index (χ0) is 18.2. The lowest BCUT2D eigenvalue weighted by atomic mass is 10.2. The highest BCUT2D eigenvalue weighted by atomic mass is 31.1. The number of rotatable bonds is 7. The van der Waals surface area contributed by atoms with Crippen LogP contribution in [0.5, 0.6) is 0 Å². The third kappa shape index (κ3) is 4.59. The fraction of sp³-hybridized carbons (Fsp3) is 0.174. The van der Waals surface area contributed by atoms with Gasteiger partial charge in [0, 0.05) is 0 Å². The van der Waals surface area contributed by atoms with Gasteiger partial charge in [-0.15, -0.1) is 0 Å². The van der Waals surface area contributed by atoms with Crippen molar-refractivity contribution in [3.8, 4) is 0 Å². The number of hydrogen-bond acceptors (Lipinski definition) is 2. The first-order chi connectivity index (χ1) is 12.8. The van der Waals surface area contributed by atoms with Crippen LogP contribution in [0.1, 0.15) is 30.1 Å². The average molecular weight is 362 g/mol. The number of esters is 1. The maximum Gasteiger partial charge on any atom is 0.338 e.